The second kappa shape index (κ2) is 4.96. The third kappa shape index (κ3) is 1.92. The molecule has 2 aromatic rings. The molecule has 1 aliphatic rings. The Bertz CT molecular complexity index is 740. The fourth-order valence-corrected chi connectivity index (χ4v) is 3.89. The average molecular weight is 351 g/mol. The molecule has 5 nitrogen and oxygen atoms in total. The topological polar surface area (TPSA) is 87.7 Å². The van der Waals surface area contributed by atoms with E-state index in [0.717, 1.165) is 26.3 Å². The van der Waals surface area contributed by atoms with E-state index in [4.69, 9.17) is 10.5 Å². The Hall–Kier alpha value is -1.78. The number of nitriles is 1. The predicted octanol–water partition coefficient (Wildman–Crippen LogP) is 3.01. The molecule has 0 spiro atoms. The van der Waals surface area contributed by atoms with Gasteiger partial charge in [0.1, 0.15) is 11.6 Å². The van der Waals surface area contributed by atoms with Crippen LogP contribution in [0.5, 0.6) is 5.88 Å². The summed E-state index contributed by atoms with van der Waals surface area (Å²) in [7, 11) is 0. The molecule has 0 saturated carbocycles. The van der Waals surface area contributed by atoms with Crippen molar-refractivity contribution in [2.45, 2.75) is 19.3 Å². The van der Waals surface area contributed by atoms with Crippen LogP contribution >= 0.6 is 27.3 Å². The van der Waals surface area contributed by atoms with Gasteiger partial charge in [-0.15, -0.1) is 16.4 Å². The van der Waals surface area contributed by atoms with Gasteiger partial charge in [0.2, 0.25) is 11.8 Å². The summed E-state index contributed by atoms with van der Waals surface area (Å²) < 4.78 is 6.47. The highest BCUT2D eigenvalue weighted by Crippen LogP contribution is 2.45. The maximum absolute atomic E-state index is 9.42. The van der Waals surface area contributed by atoms with Crippen molar-refractivity contribution in [3.63, 3.8) is 0 Å². The molecule has 0 aliphatic carbocycles. The van der Waals surface area contributed by atoms with Gasteiger partial charge in [-0.25, -0.2) is 0 Å². The molecule has 1 aliphatic heterocycles. The van der Waals surface area contributed by atoms with Crippen molar-refractivity contribution < 1.29 is 4.74 Å². The van der Waals surface area contributed by atoms with E-state index in [-0.39, 0.29) is 11.8 Å². The quantitative estimate of drug-likeness (QED) is 0.871. The Morgan fingerprint density at radius 3 is 3.00 bits per heavy atom. The van der Waals surface area contributed by atoms with Crippen LogP contribution in [0, 0.1) is 11.3 Å². The number of rotatable bonds is 2. The summed E-state index contributed by atoms with van der Waals surface area (Å²) in [5.74, 6) is 0.380. The number of hydrogen-bond donors (Lipinski definition) is 2. The number of nitrogens with one attached hydrogen (secondary N) is 1. The van der Waals surface area contributed by atoms with E-state index in [1.165, 1.54) is 0 Å². The monoisotopic (exact) mass is 350 g/mol. The smallest absolute Gasteiger partial charge is 0.244 e. The van der Waals surface area contributed by atoms with Crippen LogP contribution in [0.25, 0.3) is 0 Å². The number of H-pyrrole nitrogens is 1. The summed E-state index contributed by atoms with van der Waals surface area (Å²) in [4.78, 5) is 1.04. The van der Waals surface area contributed by atoms with E-state index in [9.17, 15) is 5.26 Å². The summed E-state index contributed by atoms with van der Waals surface area (Å²) in [6.45, 7) is 2.03. The van der Waals surface area contributed by atoms with Crippen molar-refractivity contribution in [3.8, 4) is 11.9 Å². The first-order chi connectivity index (χ1) is 9.65. The molecule has 1 atom stereocenters. The highest BCUT2D eigenvalue weighted by atomic mass is 79.9. The minimum atomic E-state index is -0.214. The zero-order valence-corrected chi connectivity index (χ0v) is 13.0. The van der Waals surface area contributed by atoms with Crippen molar-refractivity contribution in [2.24, 2.45) is 5.73 Å². The van der Waals surface area contributed by atoms with Crippen molar-refractivity contribution >= 4 is 27.3 Å². The molecule has 102 valence electrons. The first kappa shape index (κ1) is 13.2. The molecular formula is C13H11BrN4OS. The number of nitrogens with zero attached hydrogens (tertiary/aromatic N) is 2. The average Bonchev–Trinajstić information content (AvgIpc) is 3.03. The van der Waals surface area contributed by atoms with Crippen LogP contribution < -0.4 is 10.5 Å². The Kier molecular flexibility index (Phi) is 3.28. The maximum atomic E-state index is 9.42. The number of halogens is 1. The zero-order valence-electron chi connectivity index (χ0n) is 10.6. The van der Waals surface area contributed by atoms with Gasteiger partial charge in [-0.3, -0.25) is 5.10 Å². The molecule has 20 heavy (non-hydrogen) atoms. The van der Waals surface area contributed by atoms with Crippen LogP contribution in [0.3, 0.4) is 0 Å². The number of aromatic amines is 1. The summed E-state index contributed by atoms with van der Waals surface area (Å²) in [5.41, 5.74) is 8.17. The number of hydrogen-bond acceptors (Lipinski definition) is 5. The summed E-state index contributed by atoms with van der Waals surface area (Å²) >= 11 is 5.04. The van der Waals surface area contributed by atoms with Crippen molar-refractivity contribution in [3.05, 3.63) is 43.5 Å². The summed E-state index contributed by atoms with van der Waals surface area (Å²) in [6.07, 6.45) is 0.785. The van der Waals surface area contributed by atoms with Crippen molar-refractivity contribution in [1.29, 1.82) is 5.26 Å². The van der Waals surface area contributed by atoms with Gasteiger partial charge < -0.3 is 10.5 Å². The lowest BCUT2D eigenvalue weighted by atomic mass is 9.88. The molecule has 7 heteroatoms. The number of thiophene rings is 1. The highest BCUT2D eigenvalue weighted by Gasteiger charge is 2.35. The normalized spacial score (nSPS) is 17.6. The van der Waals surface area contributed by atoms with Gasteiger partial charge in [-0.05, 0) is 34.5 Å². The second-order valence-corrected chi connectivity index (χ2v) is 6.84. The molecule has 0 fully saturated rings. The molecular weight excluding hydrogens is 340 g/mol. The van der Waals surface area contributed by atoms with Gasteiger partial charge in [0.05, 0.1) is 15.3 Å². The molecule has 0 saturated heterocycles. The molecule has 2 aromatic heterocycles. The van der Waals surface area contributed by atoms with E-state index < -0.39 is 0 Å². The Morgan fingerprint density at radius 1 is 1.60 bits per heavy atom. The van der Waals surface area contributed by atoms with E-state index in [1.807, 2.05) is 19.1 Å². The second-order valence-electron chi connectivity index (χ2n) is 4.34. The highest BCUT2D eigenvalue weighted by molar-refractivity contribution is 9.11. The third-order valence-corrected chi connectivity index (χ3v) is 4.94. The first-order valence-electron chi connectivity index (χ1n) is 6.05. The van der Waals surface area contributed by atoms with E-state index in [2.05, 4.69) is 32.2 Å². The summed E-state index contributed by atoms with van der Waals surface area (Å²) in [5, 5.41) is 16.5. The van der Waals surface area contributed by atoms with Crippen molar-refractivity contribution in [2.75, 3.05) is 0 Å². The van der Waals surface area contributed by atoms with Crippen LogP contribution in [0.1, 0.15) is 29.0 Å². The molecule has 0 bridgehead atoms. The number of aromatic nitrogens is 2. The van der Waals surface area contributed by atoms with Crippen LogP contribution in [0.4, 0.5) is 0 Å². The molecule has 3 heterocycles. The Labute approximate surface area is 128 Å². The van der Waals surface area contributed by atoms with Gasteiger partial charge in [0.15, 0.2) is 0 Å². The molecule has 0 aromatic carbocycles. The van der Waals surface area contributed by atoms with Gasteiger partial charge in [-0.1, -0.05) is 6.92 Å². The predicted molar refractivity (Wildman–Crippen MR) is 79.3 cm³/mol. The standard InChI is InChI=1S/C13H11BrN4OS/c1-2-7-11-10(8-3-4-9(14)20-8)6(5-15)12(16)19-13(11)18-17-7/h3-4,10H,2,16H2,1H3,(H,17,18). The molecule has 0 radical (unpaired) electrons. The first-order valence-corrected chi connectivity index (χ1v) is 7.66. The lowest BCUT2D eigenvalue weighted by Crippen LogP contribution is -2.20. The van der Waals surface area contributed by atoms with Crippen LogP contribution in [0.15, 0.2) is 27.4 Å². The van der Waals surface area contributed by atoms with E-state index >= 15 is 0 Å². The molecule has 3 rings (SSSR count). The summed E-state index contributed by atoms with van der Waals surface area (Å²) in [6, 6.07) is 6.13. The van der Waals surface area contributed by atoms with Gasteiger partial charge in [0.25, 0.3) is 0 Å². The van der Waals surface area contributed by atoms with E-state index in [1.54, 1.807) is 11.3 Å². The lowest BCUT2D eigenvalue weighted by Gasteiger charge is -2.22. The minimum absolute atomic E-state index is 0.128. The Balaban J connectivity index is 2.23. The Morgan fingerprint density at radius 2 is 2.40 bits per heavy atom. The number of allylic oxidation sites excluding steroid dienone is 1. The third-order valence-electron chi connectivity index (χ3n) is 3.25. The van der Waals surface area contributed by atoms with Crippen LogP contribution in [-0.2, 0) is 6.42 Å². The lowest BCUT2D eigenvalue weighted by molar-refractivity contribution is 0.379. The zero-order chi connectivity index (χ0) is 14.3. The minimum Gasteiger partial charge on any atom is -0.420 e. The fraction of sp³-hybridized carbons (Fsp3) is 0.231. The number of nitrogens with two attached hydrogens (primary N) is 1. The fourth-order valence-electron chi connectivity index (χ4n) is 2.35. The SMILES string of the molecule is CCc1[nH]nc2c1C(c1ccc(Br)s1)C(C#N)=C(N)O2. The molecule has 0 amide bonds. The van der Waals surface area contributed by atoms with Gasteiger partial charge in [0, 0.05) is 10.6 Å². The van der Waals surface area contributed by atoms with Crippen LogP contribution in [-0.4, -0.2) is 10.2 Å². The van der Waals surface area contributed by atoms with Gasteiger partial charge >= 0.3 is 0 Å². The molecule has 1 unspecified atom stereocenters. The van der Waals surface area contributed by atoms with Crippen LogP contribution in [0.2, 0.25) is 0 Å². The van der Waals surface area contributed by atoms with E-state index in [0.29, 0.717) is 11.5 Å². The largest absolute Gasteiger partial charge is 0.420 e. The number of aryl methyl sites for hydroxylation is 1. The maximum Gasteiger partial charge on any atom is 0.244 e. The number of ether oxygens (including phenoxy) is 1. The van der Waals surface area contributed by atoms with Gasteiger partial charge in [-0.2, -0.15) is 5.26 Å². The number of fused-ring (bicyclic) bond motifs is 1. The van der Waals surface area contributed by atoms with Crippen molar-refractivity contribution in [1.82, 2.24) is 10.2 Å². The molecule has 3 N–H and O–H groups in total.